The van der Waals surface area contributed by atoms with E-state index >= 15 is 0 Å². The average Bonchev–Trinajstić information content (AvgIpc) is 2.76. The minimum Gasteiger partial charge on any atom is -0.484 e. The van der Waals surface area contributed by atoms with Gasteiger partial charge in [0.25, 0.3) is 5.91 Å². The van der Waals surface area contributed by atoms with Gasteiger partial charge in [0.05, 0.1) is 24.1 Å². The number of sulfonamides is 1. The van der Waals surface area contributed by atoms with Gasteiger partial charge in [-0.25, -0.2) is 8.42 Å². The van der Waals surface area contributed by atoms with Gasteiger partial charge in [0, 0.05) is 10.7 Å². The number of carbonyl (C=O) groups excluding carboxylic acids is 1. The summed E-state index contributed by atoms with van der Waals surface area (Å²) in [5.74, 6) is -0.266. The smallest absolute Gasteiger partial charge is 0.416 e. The lowest BCUT2D eigenvalue weighted by molar-refractivity contribution is -0.137. The highest BCUT2D eigenvalue weighted by atomic mass is 35.5. The SMILES string of the molecule is CS(=O)(=O)N(Cc1ccccc1Cl)c1ccc(OCC(=O)Nc2ccc(C(F)(F)F)cc2)cc1. The molecular weight excluding hydrogens is 493 g/mol. The number of nitrogens with one attached hydrogen (secondary N) is 1. The summed E-state index contributed by atoms with van der Waals surface area (Å²) in [6.07, 6.45) is -3.38. The average molecular weight is 513 g/mol. The summed E-state index contributed by atoms with van der Waals surface area (Å²) < 4.78 is 69.1. The minimum absolute atomic E-state index is 0.0360. The van der Waals surface area contributed by atoms with Gasteiger partial charge in [-0.05, 0) is 60.2 Å². The van der Waals surface area contributed by atoms with Crippen molar-refractivity contribution >= 4 is 38.9 Å². The molecule has 3 aromatic rings. The van der Waals surface area contributed by atoms with Crippen LogP contribution in [0.25, 0.3) is 0 Å². The van der Waals surface area contributed by atoms with Crippen molar-refractivity contribution in [3.63, 3.8) is 0 Å². The van der Waals surface area contributed by atoms with Crippen LogP contribution in [0.2, 0.25) is 5.02 Å². The lowest BCUT2D eigenvalue weighted by Gasteiger charge is -2.23. The highest BCUT2D eigenvalue weighted by Gasteiger charge is 2.30. The van der Waals surface area contributed by atoms with Crippen molar-refractivity contribution in [2.45, 2.75) is 12.7 Å². The molecule has 11 heteroatoms. The molecule has 3 rings (SSSR count). The fraction of sp³-hybridized carbons (Fsp3) is 0.174. The molecule has 0 unspecified atom stereocenters. The zero-order valence-electron chi connectivity index (χ0n) is 17.8. The molecule has 0 spiro atoms. The van der Waals surface area contributed by atoms with E-state index in [0.29, 0.717) is 22.0 Å². The summed E-state index contributed by atoms with van der Waals surface area (Å²) in [5.41, 5.74) is 0.388. The Morgan fingerprint density at radius 2 is 1.62 bits per heavy atom. The van der Waals surface area contributed by atoms with Crippen molar-refractivity contribution in [1.29, 1.82) is 0 Å². The Labute approximate surface area is 200 Å². The Hall–Kier alpha value is -3.24. The number of alkyl halides is 3. The number of hydrogen-bond donors (Lipinski definition) is 1. The van der Waals surface area contributed by atoms with Gasteiger partial charge in [-0.15, -0.1) is 0 Å². The molecule has 0 bridgehead atoms. The van der Waals surface area contributed by atoms with Crippen LogP contribution in [0.3, 0.4) is 0 Å². The normalized spacial score (nSPS) is 11.7. The van der Waals surface area contributed by atoms with E-state index in [0.717, 1.165) is 30.5 Å². The summed E-state index contributed by atoms with van der Waals surface area (Å²) in [4.78, 5) is 12.1. The molecule has 6 nitrogen and oxygen atoms in total. The van der Waals surface area contributed by atoms with Crippen LogP contribution >= 0.6 is 11.6 Å². The molecule has 0 aliphatic carbocycles. The number of hydrogen-bond acceptors (Lipinski definition) is 4. The third kappa shape index (κ3) is 6.88. The van der Waals surface area contributed by atoms with Crippen molar-refractivity contribution in [2.75, 3.05) is 22.5 Å². The van der Waals surface area contributed by atoms with Crippen LogP contribution in [-0.4, -0.2) is 27.2 Å². The minimum atomic E-state index is -4.46. The molecule has 1 N–H and O–H groups in total. The quantitative estimate of drug-likeness (QED) is 0.442. The summed E-state index contributed by atoms with van der Waals surface area (Å²) in [6.45, 7) is -0.357. The molecule has 0 aliphatic rings. The van der Waals surface area contributed by atoms with Crippen LogP contribution < -0.4 is 14.4 Å². The zero-order valence-corrected chi connectivity index (χ0v) is 19.4. The summed E-state index contributed by atoms with van der Waals surface area (Å²) >= 11 is 6.16. The maximum absolute atomic E-state index is 12.6. The third-order valence-electron chi connectivity index (χ3n) is 4.66. The number of rotatable bonds is 8. The lowest BCUT2D eigenvalue weighted by atomic mass is 10.2. The Morgan fingerprint density at radius 1 is 1.00 bits per heavy atom. The molecule has 0 fully saturated rings. The highest BCUT2D eigenvalue weighted by Crippen LogP contribution is 2.30. The lowest BCUT2D eigenvalue weighted by Crippen LogP contribution is -2.29. The maximum atomic E-state index is 12.6. The van der Waals surface area contributed by atoms with Crippen LogP contribution in [0.5, 0.6) is 5.75 Å². The zero-order chi connectivity index (χ0) is 24.9. The fourth-order valence-electron chi connectivity index (χ4n) is 2.98. The first kappa shape index (κ1) is 25.4. The number of anilines is 2. The Bertz CT molecular complexity index is 1250. The van der Waals surface area contributed by atoms with E-state index in [1.807, 2.05) is 0 Å². The monoisotopic (exact) mass is 512 g/mol. The Kier molecular flexibility index (Phi) is 7.73. The van der Waals surface area contributed by atoms with Crippen LogP contribution in [0, 0.1) is 0 Å². The molecule has 180 valence electrons. The van der Waals surface area contributed by atoms with E-state index in [2.05, 4.69) is 5.32 Å². The molecule has 34 heavy (non-hydrogen) atoms. The third-order valence-corrected chi connectivity index (χ3v) is 6.17. The van der Waals surface area contributed by atoms with Gasteiger partial charge in [0.2, 0.25) is 10.0 Å². The summed E-state index contributed by atoms with van der Waals surface area (Å²) in [5, 5.41) is 2.88. The van der Waals surface area contributed by atoms with Gasteiger partial charge < -0.3 is 10.1 Å². The fourth-order valence-corrected chi connectivity index (χ4v) is 4.05. The molecule has 0 aliphatic heterocycles. The van der Waals surface area contributed by atoms with E-state index in [9.17, 15) is 26.4 Å². The maximum Gasteiger partial charge on any atom is 0.416 e. The van der Waals surface area contributed by atoms with Gasteiger partial charge in [0.1, 0.15) is 5.75 Å². The number of benzene rings is 3. The second kappa shape index (κ2) is 10.4. The van der Waals surface area contributed by atoms with Crippen LogP contribution in [-0.2, 0) is 27.5 Å². The van der Waals surface area contributed by atoms with Gasteiger partial charge in [-0.3, -0.25) is 9.10 Å². The van der Waals surface area contributed by atoms with Crippen molar-refractivity contribution in [3.8, 4) is 5.75 Å². The highest BCUT2D eigenvalue weighted by molar-refractivity contribution is 7.92. The van der Waals surface area contributed by atoms with E-state index in [4.69, 9.17) is 16.3 Å². The molecule has 0 heterocycles. The van der Waals surface area contributed by atoms with Crippen molar-refractivity contribution < 1.29 is 31.1 Å². The number of carbonyl (C=O) groups is 1. The van der Waals surface area contributed by atoms with Crippen LogP contribution in [0.4, 0.5) is 24.5 Å². The van der Waals surface area contributed by atoms with Crippen LogP contribution in [0.1, 0.15) is 11.1 Å². The second-order valence-corrected chi connectivity index (χ2v) is 9.58. The van der Waals surface area contributed by atoms with Crippen molar-refractivity contribution in [1.82, 2.24) is 0 Å². The number of nitrogens with zero attached hydrogens (tertiary/aromatic N) is 1. The Morgan fingerprint density at radius 3 is 2.18 bits per heavy atom. The van der Waals surface area contributed by atoms with E-state index in [1.165, 1.54) is 28.6 Å². The molecule has 3 aromatic carbocycles. The van der Waals surface area contributed by atoms with Gasteiger partial charge in [-0.1, -0.05) is 29.8 Å². The van der Waals surface area contributed by atoms with Gasteiger partial charge >= 0.3 is 6.18 Å². The predicted molar refractivity (Wildman–Crippen MR) is 124 cm³/mol. The standard InChI is InChI=1S/C23H20ClF3N2O4S/c1-34(31,32)29(14-16-4-2-3-5-21(16)24)19-10-12-20(13-11-19)33-15-22(30)28-18-8-6-17(7-9-18)23(25,26)27/h2-13H,14-15H2,1H3,(H,28,30). The van der Waals surface area contributed by atoms with E-state index < -0.39 is 34.3 Å². The van der Waals surface area contributed by atoms with E-state index in [-0.39, 0.29) is 12.2 Å². The Balaban J connectivity index is 1.62. The first-order valence-electron chi connectivity index (χ1n) is 9.84. The predicted octanol–water partition coefficient (Wildman–Crippen LogP) is 5.34. The van der Waals surface area contributed by atoms with Crippen molar-refractivity contribution in [3.05, 3.63) is 88.9 Å². The second-order valence-electron chi connectivity index (χ2n) is 7.27. The summed E-state index contributed by atoms with van der Waals surface area (Å²) in [7, 11) is -3.62. The van der Waals surface area contributed by atoms with E-state index in [1.54, 1.807) is 24.3 Å². The molecule has 1 amide bonds. The number of amides is 1. The number of halogens is 4. The largest absolute Gasteiger partial charge is 0.484 e. The molecule has 0 saturated heterocycles. The molecule has 0 saturated carbocycles. The van der Waals surface area contributed by atoms with Crippen LogP contribution in [0.15, 0.2) is 72.8 Å². The topological polar surface area (TPSA) is 75.7 Å². The van der Waals surface area contributed by atoms with Gasteiger partial charge in [0.15, 0.2) is 6.61 Å². The molecular formula is C23H20ClF3N2O4S. The first-order valence-corrected chi connectivity index (χ1v) is 12.1. The molecule has 0 atom stereocenters. The molecule has 0 aromatic heterocycles. The van der Waals surface area contributed by atoms with Crippen molar-refractivity contribution in [2.24, 2.45) is 0 Å². The first-order chi connectivity index (χ1) is 15.9. The van der Waals surface area contributed by atoms with Gasteiger partial charge in [-0.2, -0.15) is 13.2 Å². The number of ether oxygens (including phenoxy) is 1. The molecule has 0 radical (unpaired) electrons. The summed E-state index contributed by atoms with van der Waals surface area (Å²) in [6, 6.07) is 17.0.